The van der Waals surface area contributed by atoms with E-state index in [1.807, 2.05) is 18.2 Å². The number of anilines is 2. The number of hydrogen-bond acceptors (Lipinski definition) is 5. The first-order valence-corrected chi connectivity index (χ1v) is 10.5. The molecule has 0 aromatic heterocycles. The van der Waals surface area contributed by atoms with Crippen molar-refractivity contribution in [2.75, 3.05) is 24.5 Å². The first-order chi connectivity index (χ1) is 13.9. The molecule has 9 heteroatoms. The Kier molecular flexibility index (Phi) is 7.15. The minimum atomic E-state index is -0.0369. The van der Waals surface area contributed by atoms with Gasteiger partial charge in [-0.2, -0.15) is 0 Å². The Labute approximate surface area is 185 Å². The van der Waals surface area contributed by atoms with Crippen molar-refractivity contribution in [2.45, 2.75) is 25.7 Å². The van der Waals surface area contributed by atoms with Crippen LogP contribution in [0.4, 0.5) is 11.4 Å². The highest BCUT2D eigenvalue weighted by molar-refractivity contribution is 9.10. The van der Waals surface area contributed by atoms with Crippen molar-refractivity contribution in [3.8, 4) is 11.5 Å². The number of hydrogen-bond donors (Lipinski definition) is 3. The molecule has 0 saturated carbocycles. The molecule has 0 saturated heterocycles. The molecule has 7 nitrogen and oxygen atoms in total. The molecule has 29 heavy (non-hydrogen) atoms. The summed E-state index contributed by atoms with van der Waals surface area (Å²) in [4.78, 5) is 22.4. The lowest BCUT2D eigenvalue weighted by Crippen LogP contribution is -2.20. The van der Waals surface area contributed by atoms with Crippen LogP contribution in [0.5, 0.6) is 11.5 Å². The molecule has 0 fully saturated rings. The average molecular weight is 528 g/mol. The number of nitrogens with one attached hydrogen (secondary N) is 2. The van der Waals surface area contributed by atoms with E-state index in [4.69, 9.17) is 9.47 Å². The van der Waals surface area contributed by atoms with Gasteiger partial charge in [0.05, 0.1) is 11.4 Å². The van der Waals surface area contributed by atoms with Crippen molar-refractivity contribution < 1.29 is 24.2 Å². The highest BCUT2D eigenvalue weighted by atomic mass is 79.9. The Morgan fingerprint density at radius 1 is 0.897 bits per heavy atom. The molecular formula is C20H20Br2N2O5. The van der Waals surface area contributed by atoms with Gasteiger partial charge in [0.25, 0.3) is 0 Å². The number of ether oxygens (including phenoxy) is 2. The van der Waals surface area contributed by atoms with E-state index in [1.54, 1.807) is 13.2 Å². The average Bonchev–Trinajstić information content (AvgIpc) is 2.67. The van der Waals surface area contributed by atoms with E-state index in [1.165, 1.54) is 0 Å². The Balaban J connectivity index is 0.000000169. The Morgan fingerprint density at radius 2 is 1.45 bits per heavy atom. The maximum Gasteiger partial charge on any atom is 0.224 e. The van der Waals surface area contributed by atoms with E-state index in [0.29, 0.717) is 30.7 Å². The van der Waals surface area contributed by atoms with Gasteiger partial charge < -0.3 is 25.2 Å². The maximum atomic E-state index is 11.3. The van der Waals surface area contributed by atoms with E-state index < -0.39 is 0 Å². The molecule has 2 aliphatic heterocycles. The maximum absolute atomic E-state index is 11.3. The molecule has 0 radical (unpaired) electrons. The fourth-order valence-corrected chi connectivity index (χ4v) is 4.08. The lowest BCUT2D eigenvalue weighted by Gasteiger charge is -2.20. The smallest absolute Gasteiger partial charge is 0.224 e. The first kappa shape index (κ1) is 21.6. The number of halogens is 2. The van der Waals surface area contributed by atoms with E-state index in [-0.39, 0.29) is 24.4 Å². The largest absolute Gasteiger partial charge is 0.506 e. The second kappa shape index (κ2) is 9.60. The molecule has 2 aromatic rings. The number of phenolic OH excluding ortho intramolecular Hbond substituents is 1. The van der Waals surface area contributed by atoms with Crippen LogP contribution in [0.1, 0.15) is 24.0 Å². The highest BCUT2D eigenvalue weighted by Crippen LogP contribution is 2.36. The molecule has 4 rings (SSSR count). The number of rotatable bonds is 3. The van der Waals surface area contributed by atoms with Gasteiger partial charge in [0.2, 0.25) is 11.8 Å². The molecule has 0 unspecified atom stereocenters. The SMILES string of the molecule is COCOc1cc(Br)cc2c1NC(=O)CC2.O=C1CCc2cc(Br)cc(O)c2N1. The summed E-state index contributed by atoms with van der Waals surface area (Å²) < 4.78 is 12.0. The summed E-state index contributed by atoms with van der Waals surface area (Å²) in [6.07, 6.45) is 2.44. The number of aromatic hydroxyl groups is 1. The zero-order valence-electron chi connectivity index (χ0n) is 15.7. The number of carbonyl (C=O) groups is 2. The van der Waals surface area contributed by atoms with Gasteiger partial charge in [-0.15, -0.1) is 0 Å². The van der Waals surface area contributed by atoms with Gasteiger partial charge in [-0.1, -0.05) is 31.9 Å². The monoisotopic (exact) mass is 526 g/mol. The van der Waals surface area contributed by atoms with E-state index >= 15 is 0 Å². The van der Waals surface area contributed by atoms with Crippen molar-refractivity contribution in [3.63, 3.8) is 0 Å². The van der Waals surface area contributed by atoms with E-state index in [2.05, 4.69) is 42.5 Å². The Hall–Kier alpha value is -2.10. The number of fused-ring (bicyclic) bond motifs is 2. The third-order valence-electron chi connectivity index (χ3n) is 4.42. The van der Waals surface area contributed by atoms with Gasteiger partial charge in [0, 0.05) is 28.9 Å². The fourth-order valence-electron chi connectivity index (χ4n) is 3.10. The van der Waals surface area contributed by atoms with Crippen LogP contribution in [0.25, 0.3) is 0 Å². The van der Waals surface area contributed by atoms with E-state index in [9.17, 15) is 14.7 Å². The summed E-state index contributed by atoms with van der Waals surface area (Å²) in [6, 6.07) is 7.30. The van der Waals surface area contributed by atoms with E-state index in [0.717, 1.165) is 32.2 Å². The second-order valence-electron chi connectivity index (χ2n) is 6.54. The molecule has 3 N–H and O–H groups in total. The molecule has 2 aromatic carbocycles. The molecule has 0 bridgehead atoms. The highest BCUT2D eigenvalue weighted by Gasteiger charge is 2.20. The quantitative estimate of drug-likeness (QED) is 0.407. The van der Waals surface area contributed by atoms with Gasteiger partial charge in [-0.3, -0.25) is 9.59 Å². The third kappa shape index (κ3) is 5.49. The number of amides is 2. The van der Waals surface area contributed by atoms with Crippen LogP contribution in [0.15, 0.2) is 33.2 Å². The predicted molar refractivity (Wildman–Crippen MR) is 116 cm³/mol. The molecule has 2 aliphatic rings. The lowest BCUT2D eigenvalue weighted by molar-refractivity contribution is -0.117. The summed E-state index contributed by atoms with van der Waals surface area (Å²) in [6.45, 7) is 0.165. The standard InChI is InChI=1S/C11H12BrNO3.C9H8BrNO2/c1-15-6-16-9-5-8(12)4-7-2-3-10(14)13-11(7)9;10-6-3-5-1-2-8(13)11-9(5)7(12)4-6/h4-5H,2-3,6H2,1H3,(H,13,14);3-4,12H,1-2H2,(H,11,13). The summed E-state index contributed by atoms with van der Waals surface area (Å²) in [7, 11) is 1.56. The summed E-state index contributed by atoms with van der Waals surface area (Å²) in [5.41, 5.74) is 3.38. The van der Waals surface area contributed by atoms with Crippen molar-refractivity contribution >= 4 is 55.0 Å². The van der Waals surface area contributed by atoms with Crippen LogP contribution < -0.4 is 15.4 Å². The predicted octanol–water partition coefficient (Wildman–Crippen LogP) is 4.36. The van der Waals surface area contributed by atoms with Crippen LogP contribution in [0.2, 0.25) is 0 Å². The molecule has 2 amide bonds. The number of benzene rings is 2. The van der Waals surface area contributed by atoms with Gasteiger partial charge in [-0.05, 0) is 48.2 Å². The van der Waals surface area contributed by atoms with Crippen LogP contribution in [-0.4, -0.2) is 30.8 Å². The van der Waals surface area contributed by atoms with Crippen LogP contribution in [0.3, 0.4) is 0 Å². The van der Waals surface area contributed by atoms with Gasteiger partial charge >= 0.3 is 0 Å². The number of methoxy groups -OCH3 is 1. The molecule has 154 valence electrons. The van der Waals surface area contributed by atoms with Gasteiger partial charge in [0.15, 0.2) is 6.79 Å². The van der Waals surface area contributed by atoms with Gasteiger partial charge in [0.1, 0.15) is 11.5 Å². The molecule has 0 aliphatic carbocycles. The van der Waals surface area contributed by atoms with Crippen LogP contribution in [0, 0.1) is 0 Å². The number of carbonyl (C=O) groups excluding carboxylic acids is 2. The minimum absolute atomic E-state index is 0.0251. The Morgan fingerprint density at radius 3 is 2.07 bits per heavy atom. The first-order valence-electron chi connectivity index (χ1n) is 8.92. The summed E-state index contributed by atoms with van der Waals surface area (Å²) in [5, 5.41) is 15.0. The zero-order chi connectivity index (χ0) is 21.0. The number of aryl methyl sites for hydroxylation is 2. The van der Waals surface area contributed by atoms with Crippen molar-refractivity contribution in [3.05, 3.63) is 44.3 Å². The second-order valence-corrected chi connectivity index (χ2v) is 8.38. The van der Waals surface area contributed by atoms with Crippen molar-refractivity contribution in [2.24, 2.45) is 0 Å². The fraction of sp³-hybridized carbons (Fsp3) is 0.300. The molecular weight excluding hydrogens is 508 g/mol. The zero-order valence-corrected chi connectivity index (χ0v) is 18.9. The molecule has 0 spiro atoms. The third-order valence-corrected chi connectivity index (χ3v) is 5.33. The minimum Gasteiger partial charge on any atom is -0.506 e. The number of phenols is 1. The van der Waals surface area contributed by atoms with Crippen molar-refractivity contribution in [1.29, 1.82) is 0 Å². The summed E-state index contributed by atoms with van der Waals surface area (Å²) >= 11 is 6.70. The van der Waals surface area contributed by atoms with Crippen LogP contribution >= 0.6 is 31.9 Å². The Bertz CT molecular complexity index is 949. The lowest BCUT2D eigenvalue weighted by atomic mass is 10.0. The topological polar surface area (TPSA) is 96.9 Å². The van der Waals surface area contributed by atoms with Gasteiger partial charge in [-0.25, -0.2) is 0 Å². The molecule has 0 atom stereocenters. The van der Waals surface area contributed by atoms with Crippen molar-refractivity contribution in [1.82, 2.24) is 0 Å². The normalized spacial score (nSPS) is 14.6. The summed E-state index contributed by atoms with van der Waals surface area (Å²) in [5.74, 6) is 0.749. The van der Waals surface area contributed by atoms with Crippen LogP contribution in [-0.2, 0) is 27.2 Å². The molecule has 2 heterocycles.